The zero-order valence-electron chi connectivity index (χ0n) is 17.4. The molecule has 0 saturated heterocycles. The van der Waals surface area contributed by atoms with Gasteiger partial charge in [0.15, 0.2) is 17.5 Å². The van der Waals surface area contributed by atoms with E-state index in [1.165, 1.54) is 11.1 Å². The first-order chi connectivity index (χ1) is 14.6. The van der Waals surface area contributed by atoms with Crippen LogP contribution in [-0.4, -0.2) is 26.9 Å². The third kappa shape index (κ3) is 3.18. The molecule has 1 unspecified atom stereocenters. The van der Waals surface area contributed by atoms with Crippen molar-refractivity contribution >= 4 is 0 Å². The molecule has 30 heavy (non-hydrogen) atoms. The second-order valence-electron chi connectivity index (χ2n) is 7.80. The number of aryl methyl sites for hydroxylation is 2. The van der Waals surface area contributed by atoms with E-state index in [1.54, 1.807) is 13.3 Å². The molecule has 0 N–H and O–H groups in total. The van der Waals surface area contributed by atoms with E-state index < -0.39 is 0 Å². The standard InChI is InChI=1S/C24H24N4O2/c1-15-6-4-7-17(12-15)19-8-5-11-28-23(26-27-24(19)28)18-9-10-20(21(13-18)29-3)22-14-25-16(2)30-22/h4,6-7,9-10,12-14,19H,5,8,11H2,1-3H3. The molecular formula is C24H24N4O2. The number of rotatable bonds is 4. The Kier molecular flexibility index (Phi) is 4.62. The topological polar surface area (TPSA) is 66.0 Å². The van der Waals surface area contributed by atoms with Crippen LogP contribution in [0.5, 0.6) is 5.75 Å². The summed E-state index contributed by atoms with van der Waals surface area (Å²) in [4.78, 5) is 4.19. The largest absolute Gasteiger partial charge is 0.496 e. The molecule has 2 aromatic carbocycles. The van der Waals surface area contributed by atoms with E-state index in [9.17, 15) is 0 Å². The molecule has 152 valence electrons. The van der Waals surface area contributed by atoms with Gasteiger partial charge in [0.25, 0.3) is 0 Å². The normalized spacial score (nSPS) is 15.8. The summed E-state index contributed by atoms with van der Waals surface area (Å²) >= 11 is 0. The summed E-state index contributed by atoms with van der Waals surface area (Å²) < 4.78 is 13.6. The smallest absolute Gasteiger partial charge is 0.191 e. The Labute approximate surface area is 175 Å². The van der Waals surface area contributed by atoms with Crippen molar-refractivity contribution in [1.82, 2.24) is 19.7 Å². The van der Waals surface area contributed by atoms with E-state index in [-0.39, 0.29) is 5.92 Å². The van der Waals surface area contributed by atoms with Crippen molar-refractivity contribution in [3.05, 3.63) is 71.5 Å². The van der Waals surface area contributed by atoms with E-state index in [1.807, 2.05) is 25.1 Å². The van der Waals surface area contributed by atoms with Crippen LogP contribution in [0.2, 0.25) is 0 Å². The van der Waals surface area contributed by atoms with Gasteiger partial charge in [-0.15, -0.1) is 10.2 Å². The third-order valence-corrected chi connectivity index (χ3v) is 5.76. The summed E-state index contributed by atoms with van der Waals surface area (Å²) in [7, 11) is 1.67. The van der Waals surface area contributed by atoms with Gasteiger partial charge < -0.3 is 13.7 Å². The van der Waals surface area contributed by atoms with Crippen LogP contribution in [0.15, 0.2) is 53.1 Å². The lowest BCUT2D eigenvalue weighted by Gasteiger charge is -2.24. The van der Waals surface area contributed by atoms with Crippen LogP contribution in [-0.2, 0) is 6.54 Å². The summed E-state index contributed by atoms with van der Waals surface area (Å²) in [6.07, 6.45) is 3.91. The predicted molar refractivity (Wildman–Crippen MR) is 115 cm³/mol. The molecule has 0 bridgehead atoms. The van der Waals surface area contributed by atoms with Gasteiger partial charge in [-0.1, -0.05) is 35.9 Å². The highest BCUT2D eigenvalue weighted by molar-refractivity contribution is 5.71. The average Bonchev–Trinajstić information content (AvgIpc) is 3.39. The van der Waals surface area contributed by atoms with Gasteiger partial charge in [0, 0.05) is 24.9 Å². The molecule has 0 amide bonds. The molecule has 3 heterocycles. The number of ether oxygens (including phenoxy) is 1. The van der Waals surface area contributed by atoms with Crippen LogP contribution < -0.4 is 4.74 Å². The van der Waals surface area contributed by atoms with Crippen LogP contribution in [0.3, 0.4) is 0 Å². The maximum Gasteiger partial charge on any atom is 0.191 e. The number of benzene rings is 2. The second-order valence-corrected chi connectivity index (χ2v) is 7.80. The molecule has 1 aliphatic heterocycles. The Balaban J connectivity index is 1.55. The first kappa shape index (κ1) is 18.6. The minimum atomic E-state index is 0.276. The SMILES string of the molecule is COc1cc(-c2nnc3n2CCCC3c2cccc(C)c2)ccc1-c1cnc(C)o1. The minimum absolute atomic E-state index is 0.276. The van der Waals surface area contributed by atoms with Gasteiger partial charge in [-0.2, -0.15) is 0 Å². The number of hydrogen-bond acceptors (Lipinski definition) is 5. The Bertz CT molecular complexity index is 1210. The Morgan fingerprint density at radius 1 is 1.10 bits per heavy atom. The monoisotopic (exact) mass is 400 g/mol. The lowest BCUT2D eigenvalue weighted by atomic mass is 9.90. The van der Waals surface area contributed by atoms with Gasteiger partial charge in [0.1, 0.15) is 11.6 Å². The van der Waals surface area contributed by atoms with Crippen molar-refractivity contribution in [2.45, 2.75) is 39.2 Å². The van der Waals surface area contributed by atoms with E-state index >= 15 is 0 Å². The van der Waals surface area contributed by atoms with Gasteiger partial charge in [-0.05, 0) is 37.5 Å². The summed E-state index contributed by atoms with van der Waals surface area (Å²) in [5, 5.41) is 9.17. The Morgan fingerprint density at radius 3 is 2.77 bits per heavy atom. The average molecular weight is 400 g/mol. The first-order valence-electron chi connectivity index (χ1n) is 10.2. The Morgan fingerprint density at radius 2 is 2.00 bits per heavy atom. The highest BCUT2D eigenvalue weighted by Gasteiger charge is 2.27. The van der Waals surface area contributed by atoms with E-state index in [0.717, 1.165) is 47.9 Å². The molecule has 2 aromatic heterocycles. The fourth-order valence-electron chi connectivity index (χ4n) is 4.31. The van der Waals surface area contributed by atoms with Crippen LogP contribution in [0.1, 0.15) is 41.6 Å². The molecule has 0 fully saturated rings. The van der Waals surface area contributed by atoms with Gasteiger partial charge in [-0.3, -0.25) is 0 Å². The number of fused-ring (bicyclic) bond motifs is 1. The maximum atomic E-state index is 5.68. The quantitative estimate of drug-likeness (QED) is 0.474. The van der Waals surface area contributed by atoms with Crippen molar-refractivity contribution in [3.63, 3.8) is 0 Å². The van der Waals surface area contributed by atoms with Crippen LogP contribution >= 0.6 is 0 Å². The highest BCUT2D eigenvalue weighted by atomic mass is 16.5. The molecule has 5 rings (SSSR count). The van der Waals surface area contributed by atoms with Gasteiger partial charge >= 0.3 is 0 Å². The van der Waals surface area contributed by atoms with E-state index in [0.29, 0.717) is 11.7 Å². The van der Waals surface area contributed by atoms with E-state index in [4.69, 9.17) is 9.15 Å². The zero-order valence-corrected chi connectivity index (χ0v) is 17.4. The number of oxazole rings is 1. The van der Waals surface area contributed by atoms with Crippen molar-refractivity contribution in [3.8, 4) is 28.5 Å². The lowest BCUT2D eigenvalue weighted by molar-refractivity contribution is 0.414. The first-order valence-corrected chi connectivity index (χ1v) is 10.2. The van der Waals surface area contributed by atoms with Crippen LogP contribution in [0, 0.1) is 13.8 Å². The summed E-state index contributed by atoms with van der Waals surface area (Å²) in [6.45, 7) is 4.88. The predicted octanol–water partition coefficient (Wildman–Crippen LogP) is 5.15. The molecule has 4 aromatic rings. The van der Waals surface area contributed by atoms with Crippen molar-refractivity contribution in [2.75, 3.05) is 7.11 Å². The number of hydrogen-bond donors (Lipinski definition) is 0. The third-order valence-electron chi connectivity index (χ3n) is 5.76. The van der Waals surface area contributed by atoms with Crippen LogP contribution in [0.4, 0.5) is 0 Å². The summed E-state index contributed by atoms with van der Waals surface area (Å²) in [5.41, 5.74) is 4.43. The minimum Gasteiger partial charge on any atom is -0.496 e. The van der Waals surface area contributed by atoms with E-state index in [2.05, 4.69) is 50.9 Å². The number of nitrogens with zero attached hydrogens (tertiary/aromatic N) is 4. The highest BCUT2D eigenvalue weighted by Crippen LogP contribution is 2.38. The van der Waals surface area contributed by atoms with Crippen molar-refractivity contribution < 1.29 is 9.15 Å². The molecule has 0 spiro atoms. The maximum absolute atomic E-state index is 5.68. The number of methoxy groups -OCH3 is 1. The molecule has 6 heteroatoms. The van der Waals surface area contributed by atoms with Crippen LogP contribution in [0.25, 0.3) is 22.7 Å². The fourth-order valence-corrected chi connectivity index (χ4v) is 4.31. The summed E-state index contributed by atoms with van der Waals surface area (Å²) in [5.74, 6) is 4.24. The number of aromatic nitrogens is 4. The molecule has 0 radical (unpaired) electrons. The fraction of sp³-hybridized carbons (Fsp3) is 0.292. The lowest BCUT2D eigenvalue weighted by Crippen LogP contribution is -2.17. The molecule has 1 atom stereocenters. The molecule has 6 nitrogen and oxygen atoms in total. The van der Waals surface area contributed by atoms with Crippen molar-refractivity contribution in [1.29, 1.82) is 0 Å². The second kappa shape index (κ2) is 7.44. The molecule has 0 saturated carbocycles. The van der Waals surface area contributed by atoms with Gasteiger partial charge in [0.2, 0.25) is 0 Å². The molecule has 0 aliphatic carbocycles. The molecule has 1 aliphatic rings. The van der Waals surface area contributed by atoms with Gasteiger partial charge in [0.05, 0.1) is 18.9 Å². The van der Waals surface area contributed by atoms with Crippen molar-refractivity contribution in [2.24, 2.45) is 0 Å². The van der Waals surface area contributed by atoms with Gasteiger partial charge in [-0.25, -0.2) is 4.98 Å². The zero-order chi connectivity index (χ0) is 20.7. The Hall–Kier alpha value is -3.41. The molecular weight excluding hydrogens is 376 g/mol. The summed E-state index contributed by atoms with van der Waals surface area (Å²) in [6, 6.07) is 14.7.